The Hall–Kier alpha value is -1.75. The van der Waals surface area contributed by atoms with Crippen LogP contribution in [0.1, 0.15) is 19.4 Å². The number of esters is 1. The molecule has 0 aliphatic rings. The van der Waals surface area contributed by atoms with E-state index in [1.807, 2.05) is 36.4 Å². The molecule has 0 N–H and O–H groups in total. The van der Waals surface area contributed by atoms with Crippen molar-refractivity contribution in [1.29, 1.82) is 0 Å². The van der Waals surface area contributed by atoms with E-state index in [9.17, 15) is 4.79 Å². The van der Waals surface area contributed by atoms with E-state index in [1.54, 1.807) is 13.8 Å². The van der Waals surface area contributed by atoms with Gasteiger partial charge in [0.25, 0.3) is 0 Å². The van der Waals surface area contributed by atoms with Crippen molar-refractivity contribution in [2.24, 2.45) is 0 Å². The molecule has 0 amide bonds. The number of ether oxygens (including phenoxy) is 1. The fourth-order valence-electron chi connectivity index (χ4n) is 1.15. The van der Waals surface area contributed by atoms with Gasteiger partial charge in [-0.3, -0.25) is 0 Å². The molecule has 0 spiro atoms. The number of hydrogen-bond donors (Lipinski definition) is 0. The minimum atomic E-state index is -0.701. The van der Waals surface area contributed by atoms with E-state index < -0.39 is 11.4 Å². The zero-order valence-corrected chi connectivity index (χ0v) is 8.28. The van der Waals surface area contributed by atoms with Gasteiger partial charge in [0.05, 0.1) is 5.41 Å². The predicted octanol–water partition coefficient (Wildman–Crippen LogP) is 2.10. The largest absolute Gasteiger partial charge is 0.372 e. The first-order valence-corrected chi connectivity index (χ1v) is 4.31. The van der Waals surface area contributed by atoms with Gasteiger partial charge in [-0.1, -0.05) is 36.8 Å². The van der Waals surface area contributed by atoms with Crippen LogP contribution in [0.2, 0.25) is 0 Å². The first-order valence-electron chi connectivity index (χ1n) is 4.31. The first-order chi connectivity index (χ1) is 6.59. The molecule has 0 fully saturated rings. The lowest BCUT2D eigenvalue weighted by Crippen LogP contribution is -2.29. The second kappa shape index (κ2) is 3.97. The second-order valence-corrected chi connectivity index (χ2v) is 3.50. The molecule has 14 heavy (non-hydrogen) atoms. The second-order valence-electron chi connectivity index (χ2n) is 3.50. The Morgan fingerprint density at radius 3 is 2.43 bits per heavy atom. The smallest absolute Gasteiger partial charge is 0.329 e. The van der Waals surface area contributed by atoms with Crippen LogP contribution in [0, 0.1) is 12.5 Å². The third-order valence-electron chi connectivity index (χ3n) is 2.16. The van der Waals surface area contributed by atoms with Gasteiger partial charge >= 0.3 is 5.97 Å². The van der Waals surface area contributed by atoms with Crippen molar-refractivity contribution in [3.8, 4) is 12.5 Å². The van der Waals surface area contributed by atoms with Gasteiger partial charge in [0, 0.05) is 0 Å². The topological polar surface area (TPSA) is 26.3 Å². The summed E-state index contributed by atoms with van der Waals surface area (Å²) in [6, 6.07) is 9.39. The van der Waals surface area contributed by atoms with Crippen LogP contribution in [-0.2, 0) is 14.9 Å². The van der Waals surface area contributed by atoms with Crippen molar-refractivity contribution < 1.29 is 9.53 Å². The number of terminal acetylenes is 1. The Kier molecular flexibility index (Phi) is 2.93. The van der Waals surface area contributed by atoms with E-state index in [4.69, 9.17) is 6.42 Å². The molecular weight excluding hydrogens is 176 g/mol. The number of rotatable bonds is 2. The van der Waals surface area contributed by atoms with Crippen LogP contribution >= 0.6 is 0 Å². The van der Waals surface area contributed by atoms with Gasteiger partial charge in [-0.25, -0.2) is 4.79 Å². The minimum Gasteiger partial charge on any atom is -0.372 e. The Morgan fingerprint density at radius 2 is 1.93 bits per heavy atom. The number of carbonyl (C=O) groups is 1. The van der Waals surface area contributed by atoms with E-state index in [0.717, 1.165) is 5.56 Å². The van der Waals surface area contributed by atoms with Crippen LogP contribution in [0.3, 0.4) is 0 Å². The summed E-state index contributed by atoms with van der Waals surface area (Å²) in [7, 11) is 0. The van der Waals surface area contributed by atoms with Crippen molar-refractivity contribution >= 4 is 5.97 Å². The molecule has 0 saturated heterocycles. The van der Waals surface area contributed by atoms with Crippen molar-refractivity contribution in [2.45, 2.75) is 19.3 Å². The first kappa shape index (κ1) is 10.3. The van der Waals surface area contributed by atoms with E-state index in [-0.39, 0.29) is 0 Å². The lowest BCUT2D eigenvalue weighted by atomic mass is 9.85. The average molecular weight is 188 g/mol. The summed E-state index contributed by atoms with van der Waals surface area (Å²) >= 11 is 0. The molecule has 0 bridgehead atoms. The molecule has 1 aromatic carbocycles. The fraction of sp³-hybridized carbons (Fsp3) is 0.250. The molecule has 2 heteroatoms. The molecule has 72 valence electrons. The molecule has 0 aliphatic heterocycles. The van der Waals surface area contributed by atoms with Crippen molar-refractivity contribution in [2.75, 3.05) is 0 Å². The van der Waals surface area contributed by atoms with Crippen molar-refractivity contribution in [3.63, 3.8) is 0 Å². The maximum absolute atomic E-state index is 11.5. The van der Waals surface area contributed by atoms with Crippen LogP contribution in [0.4, 0.5) is 0 Å². The lowest BCUT2D eigenvalue weighted by molar-refractivity contribution is -0.142. The van der Waals surface area contributed by atoms with E-state index in [0.29, 0.717) is 0 Å². The van der Waals surface area contributed by atoms with Gasteiger partial charge in [-0.2, -0.15) is 0 Å². The molecule has 1 rings (SSSR count). The SMILES string of the molecule is C#COC(=O)C(C)(C)c1ccccc1. The minimum absolute atomic E-state index is 0.411. The van der Waals surface area contributed by atoms with Gasteiger partial charge in [0.15, 0.2) is 0 Å². The van der Waals surface area contributed by atoms with Gasteiger partial charge in [0.1, 0.15) is 6.11 Å². The van der Waals surface area contributed by atoms with Crippen molar-refractivity contribution in [1.82, 2.24) is 0 Å². The summed E-state index contributed by atoms with van der Waals surface area (Å²) in [6.45, 7) is 3.56. The monoisotopic (exact) mass is 188 g/mol. The molecule has 0 atom stereocenters. The molecule has 0 aromatic heterocycles. The Bertz CT molecular complexity index is 358. The van der Waals surface area contributed by atoms with Gasteiger partial charge < -0.3 is 4.74 Å². The van der Waals surface area contributed by atoms with Crippen LogP contribution in [0.5, 0.6) is 0 Å². The van der Waals surface area contributed by atoms with E-state index in [1.165, 1.54) is 0 Å². The molecule has 0 aliphatic carbocycles. The third kappa shape index (κ3) is 1.94. The standard InChI is InChI=1S/C12H12O2/c1-4-14-11(13)12(2,3)10-8-6-5-7-9-10/h1,5-9H,2-3H3. The summed E-state index contributed by atoms with van der Waals surface area (Å²) in [5, 5.41) is 0. The summed E-state index contributed by atoms with van der Waals surface area (Å²) < 4.78 is 4.55. The molecule has 0 unspecified atom stereocenters. The Balaban J connectivity index is 2.97. The van der Waals surface area contributed by atoms with Crippen LogP contribution < -0.4 is 0 Å². The van der Waals surface area contributed by atoms with E-state index in [2.05, 4.69) is 4.74 Å². The van der Waals surface area contributed by atoms with Gasteiger partial charge in [-0.15, -0.1) is 0 Å². The van der Waals surface area contributed by atoms with Gasteiger partial charge in [-0.05, 0) is 19.4 Å². The van der Waals surface area contributed by atoms with Crippen LogP contribution in [0.25, 0.3) is 0 Å². The van der Waals surface area contributed by atoms with E-state index >= 15 is 0 Å². The number of hydrogen-bond acceptors (Lipinski definition) is 2. The highest BCUT2D eigenvalue weighted by Gasteiger charge is 2.31. The lowest BCUT2D eigenvalue weighted by Gasteiger charge is -2.20. The molecule has 1 aromatic rings. The maximum Gasteiger partial charge on any atom is 0.329 e. The quantitative estimate of drug-likeness (QED) is 0.524. The van der Waals surface area contributed by atoms with Crippen LogP contribution in [0.15, 0.2) is 30.3 Å². The zero-order valence-electron chi connectivity index (χ0n) is 8.28. The molecular formula is C12H12O2. The average Bonchev–Trinajstić information content (AvgIpc) is 2.19. The number of benzene rings is 1. The third-order valence-corrected chi connectivity index (χ3v) is 2.16. The molecule has 2 nitrogen and oxygen atoms in total. The molecule has 0 saturated carbocycles. The number of carbonyl (C=O) groups excluding carboxylic acids is 1. The highest BCUT2D eigenvalue weighted by molar-refractivity contribution is 5.82. The molecule has 0 heterocycles. The Morgan fingerprint density at radius 1 is 1.36 bits per heavy atom. The highest BCUT2D eigenvalue weighted by atomic mass is 16.5. The summed E-state index contributed by atoms with van der Waals surface area (Å²) in [5.74, 6) is -0.411. The van der Waals surface area contributed by atoms with Crippen LogP contribution in [-0.4, -0.2) is 5.97 Å². The predicted molar refractivity (Wildman–Crippen MR) is 54.4 cm³/mol. The maximum atomic E-state index is 11.5. The highest BCUT2D eigenvalue weighted by Crippen LogP contribution is 2.24. The summed E-state index contributed by atoms with van der Waals surface area (Å²) in [4.78, 5) is 11.5. The Labute approximate surface area is 83.9 Å². The molecule has 0 radical (unpaired) electrons. The van der Waals surface area contributed by atoms with Crippen molar-refractivity contribution in [3.05, 3.63) is 35.9 Å². The summed E-state index contributed by atoms with van der Waals surface area (Å²) in [5.41, 5.74) is 0.188. The van der Waals surface area contributed by atoms with Gasteiger partial charge in [0.2, 0.25) is 0 Å². The normalized spacial score (nSPS) is 10.4. The fourth-order valence-corrected chi connectivity index (χ4v) is 1.15. The summed E-state index contributed by atoms with van der Waals surface area (Å²) in [6.07, 6.45) is 6.80. The zero-order chi connectivity index (χ0) is 10.6.